The van der Waals surface area contributed by atoms with Gasteiger partial charge in [-0.3, -0.25) is 13.9 Å². The molecule has 3 aromatic rings. The number of hydrogen-bond acceptors (Lipinski definition) is 4. The van der Waals surface area contributed by atoms with Crippen LogP contribution in [0.25, 0.3) is 0 Å². The van der Waals surface area contributed by atoms with Gasteiger partial charge in [0.15, 0.2) is 0 Å². The van der Waals surface area contributed by atoms with Crippen LogP contribution in [0.15, 0.2) is 72.8 Å². The van der Waals surface area contributed by atoms with Crippen LogP contribution in [0.3, 0.4) is 0 Å². The van der Waals surface area contributed by atoms with Crippen LogP contribution < -0.4 is 9.62 Å². The van der Waals surface area contributed by atoms with E-state index in [1.807, 2.05) is 57.2 Å². The molecule has 2 amide bonds. The van der Waals surface area contributed by atoms with Gasteiger partial charge >= 0.3 is 0 Å². The SMILES string of the molecule is CC[C@H](C)NC(=O)[C@H](Cc1ccccc1)N(Cc1ccc(F)cc1)C(=O)CN(c1cccc(C)c1C)S(C)(=O)=O. The molecule has 1 N–H and O–H groups in total. The van der Waals surface area contributed by atoms with Gasteiger partial charge in [-0.25, -0.2) is 12.8 Å². The van der Waals surface area contributed by atoms with Gasteiger partial charge < -0.3 is 10.2 Å². The molecule has 0 aliphatic carbocycles. The molecule has 0 heterocycles. The smallest absolute Gasteiger partial charge is 0.244 e. The molecule has 0 bridgehead atoms. The van der Waals surface area contributed by atoms with Crippen molar-refractivity contribution in [3.05, 3.63) is 101 Å². The lowest BCUT2D eigenvalue weighted by atomic mass is 10.0. The Kier molecular flexibility index (Phi) is 10.5. The molecule has 214 valence electrons. The molecule has 0 aliphatic rings. The maximum atomic E-state index is 14.1. The molecule has 0 saturated carbocycles. The van der Waals surface area contributed by atoms with E-state index in [0.29, 0.717) is 17.7 Å². The lowest BCUT2D eigenvalue weighted by Crippen LogP contribution is -2.54. The topological polar surface area (TPSA) is 86.8 Å². The molecule has 2 atom stereocenters. The van der Waals surface area contributed by atoms with Crippen molar-refractivity contribution >= 4 is 27.5 Å². The van der Waals surface area contributed by atoms with Gasteiger partial charge in [0.2, 0.25) is 21.8 Å². The van der Waals surface area contributed by atoms with Gasteiger partial charge in [0.25, 0.3) is 0 Å². The fraction of sp³-hybridized carbons (Fsp3) is 0.355. The van der Waals surface area contributed by atoms with Gasteiger partial charge in [0, 0.05) is 19.0 Å². The number of aryl methyl sites for hydroxylation is 1. The van der Waals surface area contributed by atoms with Crippen LogP contribution >= 0.6 is 0 Å². The van der Waals surface area contributed by atoms with Crippen molar-refractivity contribution in [1.29, 1.82) is 0 Å². The number of benzene rings is 3. The molecule has 0 unspecified atom stereocenters. The zero-order valence-electron chi connectivity index (χ0n) is 23.7. The monoisotopic (exact) mass is 567 g/mol. The number of carbonyl (C=O) groups excluding carboxylic acids is 2. The Balaban J connectivity index is 2.08. The van der Waals surface area contributed by atoms with Crippen molar-refractivity contribution in [3.8, 4) is 0 Å². The number of amides is 2. The average Bonchev–Trinajstić information content (AvgIpc) is 2.91. The Hall–Kier alpha value is -3.72. The quantitative estimate of drug-likeness (QED) is 0.342. The van der Waals surface area contributed by atoms with Crippen molar-refractivity contribution in [2.24, 2.45) is 0 Å². The van der Waals surface area contributed by atoms with E-state index in [4.69, 9.17) is 0 Å². The highest BCUT2D eigenvalue weighted by Gasteiger charge is 2.33. The highest BCUT2D eigenvalue weighted by Crippen LogP contribution is 2.26. The number of hydrogen-bond donors (Lipinski definition) is 1. The summed E-state index contributed by atoms with van der Waals surface area (Å²) in [6.45, 7) is 7.02. The number of nitrogens with zero attached hydrogens (tertiary/aromatic N) is 2. The molecular formula is C31H38FN3O4S. The molecule has 3 rings (SSSR count). The Morgan fingerprint density at radius 1 is 0.925 bits per heavy atom. The minimum absolute atomic E-state index is 0.00502. The van der Waals surface area contributed by atoms with Gasteiger partial charge in [0.1, 0.15) is 18.4 Å². The lowest BCUT2D eigenvalue weighted by molar-refractivity contribution is -0.140. The molecule has 0 aromatic heterocycles. The van der Waals surface area contributed by atoms with Crippen LogP contribution in [-0.4, -0.2) is 50.0 Å². The summed E-state index contributed by atoms with van der Waals surface area (Å²) in [6.07, 6.45) is 1.98. The van der Waals surface area contributed by atoms with Crippen LogP contribution in [0.4, 0.5) is 10.1 Å². The van der Waals surface area contributed by atoms with Crippen molar-refractivity contribution < 1.29 is 22.4 Å². The fourth-order valence-electron chi connectivity index (χ4n) is 4.38. The first-order valence-corrected chi connectivity index (χ1v) is 15.2. The normalized spacial score (nSPS) is 12.8. The molecule has 0 radical (unpaired) electrons. The third kappa shape index (κ3) is 8.14. The van der Waals surface area contributed by atoms with E-state index in [9.17, 15) is 22.4 Å². The van der Waals surface area contributed by atoms with Crippen LogP contribution in [0.5, 0.6) is 0 Å². The summed E-state index contributed by atoms with van der Waals surface area (Å²) in [6, 6.07) is 19.3. The second-order valence-corrected chi connectivity index (χ2v) is 12.1. The number of anilines is 1. The number of sulfonamides is 1. The molecule has 0 fully saturated rings. The van der Waals surface area contributed by atoms with Gasteiger partial charge in [0.05, 0.1) is 11.9 Å². The summed E-state index contributed by atoms with van der Waals surface area (Å²) in [5, 5.41) is 2.99. The maximum absolute atomic E-state index is 14.1. The summed E-state index contributed by atoms with van der Waals surface area (Å²) >= 11 is 0. The van der Waals surface area contributed by atoms with E-state index in [-0.39, 0.29) is 24.9 Å². The summed E-state index contributed by atoms with van der Waals surface area (Å²) in [5.41, 5.74) is 3.49. The summed E-state index contributed by atoms with van der Waals surface area (Å²) in [7, 11) is -3.86. The number of rotatable bonds is 12. The first-order chi connectivity index (χ1) is 18.9. The number of halogens is 1. The van der Waals surface area contributed by atoms with Crippen molar-refractivity contribution in [3.63, 3.8) is 0 Å². The van der Waals surface area contributed by atoms with Crippen molar-refractivity contribution in [2.75, 3.05) is 17.1 Å². The first-order valence-electron chi connectivity index (χ1n) is 13.3. The second kappa shape index (κ2) is 13.6. The number of nitrogens with one attached hydrogen (secondary N) is 1. The summed E-state index contributed by atoms with van der Waals surface area (Å²) < 4.78 is 40.7. The zero-order chi connectivity index (χ0) is 29.4. The van der Waals surface area contributed by atoms with Gasteiger partial charge in [-0.1, -0.05) is 61.5 Å². The van der Waals surface area contributed by atoms with E-state index >= 15 is 0 Å². The third-order valence-electron chi connectivity index (χ3n) is 7.06. The molecule has 0 saturated heterocycles. The molecule has 0 spiro atoms. The van der Waals surface area contributed by atoms with Crippen molar-refractivity contribution in [1.82, 2.24) is 10.2 Å². The highest BCUT2D eigenvalue weighted by molar-refractivity contribution is 7.92. The first kappa shape index (κ1) is 30.8. The molecule has 0 aliphatic heterocycles. The van der Waals surface area contributed by atoms with Crippen LogP contribution in [0.1, 0.15) is 42.5 Å². The van der Waals surface area contributed by atoms with Crippen LogP contribution in [0.2, 0.25) is 0 Å². The number of carbonyl (C=O) groups is 2. The Labute approximate surface area is 237 Å². The zero-order valence-corrected chi connectivity index (χ0v) is 24.5. The second-order valence-electron chi connectivity index (χ2n) is 10.2. The van der Waals surface area contributed by atoms with Gasteiger partial charge in [-0.2, -0.15) is 0 Å². The van der Waals surface area contributed by atoms with Crippen molar-refractivity contribution in [2.45, 2.75) is 59.2 Å². The standard InChI is InChI=1S/C31H38FN3O4S/c1-6-23(3)33-31(37)29(19-25-12-8-7-9-13-25)34(20-26-15-17-27(32)18-16-26)30(36)21-35(40(5,38)39)28-14-10-11-22(2)24(28)4/h7-18,23,29H,6,19-21H2,1-5H3,(H,33,37)/t23-,29-/m0/s1. The Morgan fingerprint density at radius 3 is 2.17 bits per heavy atom. The molecule has 9 heteroatoms. The van der Waals surface area contributed by atoms with E-state index in [0.717, 1.165) is 27.3 Å². The van der Waals surface area contributed by atoms with E-state index < -0.39 is 34.3 Å². The Bertz CT molecular complexity index is 1410. The van der Waals surface area contributed by atoms with Gasteiger partial charge in [-0.15, -0.1) is 0 Å². The van der Waals surface area contributed by atoms with E-state index in [1.165, 1.54) is 17.0 Å². The fourth-order valence-corrected chi connectivity index (χ4v) is 5.28. The van der Waals surface area contributed by atoms with E-state index in [2.05, 4.69) is 5.32 Å². The van der Waals surface area contributed by atoms with Gasteiger partial charge in [-0.05, 0) is 67.6 Å². The molecule has 7 nitrogen and oxygen atoms in total. The maximum Gasteiger partial charge on any atom is 0.244 e. The average molecular weight is 568 g/mol. The minimum atomic E-state index is -3.86. The Morgan fingerprint density at radius 2 is 1.57 bits per heavy atom. The largest absolute Gasteiger partial charge is 0.352 e. The lowest BCUT2D eigenvalue weighted by Gasteiger charge is -2.34. The minimum Gasteiger partial charge on any atom is -0.352 e. The van der Waals surface area contributed by atoms with Crippen LogP contribution in [-0.2, 0) is 32.6 Å². The molecular weight excluding hydrogens is 529 g/mol. The predicted octanol–water partition coefficient (Wildman–Crippen LogP) is 4.76. The van der Waals surface area contributed by atoms with E-state index in [1.54, 1.807) is 31.2 Å². The molecule has 40 heavy (non-hydrogen) atoms. The predicted molar refractivity (Wildman–Crippen MR) is 157 cm³/mol. The highest BCUT2D eigenvalue weighted by atomic mass is 32.2. The third-order valence-corrected chi connectivity index (χ3v) is 8.19. The summed E-state index contributed by atoms with van der Waals surface area (Å²) in [4.78, 5) is 29.2. The molecule has 3 aromatic carbocycles. The van der Waals surface area contributed by atoms with Crippen LogP contribution in [0, 0.1) is 19.7 Å². The summed E-state index contributed by atoms with van der Waals surface area (Å²) in [5.74, 6) is -1.31.